The molecule has 0 unspecified atom stereocenters. The molecule has 1 aromatic carbocycles. The van der Waals surface area contributed by atoms with Crippen LogP contribution in [0.1, 0.15) is 24.6 Å². The second-order valence-corrected chi connectivity index (χ2v) is 6.94. The van der Waals surface area contributed by atoms with Gasteiger partial charge in [-0.25, -0.2) is 9.83 Å². The molecule has 0 aliphatic carbocycles. The van der Waals surface area contributed by atoms with Crippen LogP contribution in [0.4, 0.5) is 21.5 Å². The average Bonchev–Trinajstić information content (AvgIpc) is 3.14. The lowest BCUT2D eigenvalue weighted by molar-refractivity contribution is 0.474. The van der Waals surface area contributed by atoms with Gasteiger partial charge in [0, 0.05) is 43.5 Å². The molecule has 4 rings (SSSR count). The molecular weight excluding hydrogens is 357 g/mol. The van der Waals surface area contributed by atoms with Gasteiger partial charge in [0.2, 0.25) is 11.6 Å². The number of nitrogens with zero attached hydrogens (tertiary/aromatic N) is 6. The highest BCUT2D eigenvalue weighted by Crippen LogP contribution is 2.44. The number of aryl methyl sites for hydroxylation is 1. The van der Waals surface area contributed by atoms with E-state index in [-0.39, 0.29) is 0 Å². The smallest absolute Gasteiger partial charge is 0.232 e. The third-order valence-electron chi connectivity index (χ3n) is 5.26. The van der Waals surface area contributed by atoms with E-state index in [9.17, 15) is 4.39 Å². The Morgan fingerprint density at radius 3 is 2.61 bits per heavy atom. The van der Waals surface area contributed by atoms with E-state index in [0.717, 1.165) is 48.6 Å². The fourth-order valence-electron chi connectivity index (χ4n) is 3.82. The molecule has 0 amide bonds. The van der Waals surface area contributed by atoms with Gasteiger partial charge in [0.05, 0.1) is 12.3 Å². The van der Waals surface area contributed by atoms with Crippen molar-refractivity contribution < 1.29 is 4.39 Å². The molecule has 0 radical (unpaired) electrons. The van der Waals surface area contributed by atoms with Crippen molar-refractivity contribution in [2.45, 2.75) is 18.8 Å². The molecule has 0 bridgehead atoms. The van der Waals surface area contributed by atoms with Gasteiger partial charge in [-0.2, -0.15) is 4.39 Å². The van der Waals surface area contributed by atoms with E-state index < -0.39 is 5.95 Å². The molecule has 1 saturated heterocycles. The standard InChI is InChI=1S/C20H20FN7/c1-23-18-16(22)5-4-15(14-3-6-17(21)24-11-14)19(18)28-9-7-13(8-10-28)20-26-25-12-27(20)2/h3-6,11-13H,7-10,22H2,2H3. The first-order chi connectivity index (χ1) is 13.6. The lowest BCUT2D eigenvalue weighted by atomic mass is 9.93. The maximum absolute atomic E-state index is 13.3. The van der Waals surface area contributed by atoms with Crippen molar-refractivity contribution in [1.29, 1.82) is 0 Å². The van der Waals surface area contributed by atoms with E-state index in [1.807, 2.05) is 17.7 Å². The van der Waals surface area contributed by atoms with Gasteiger partial charge in [-0.3, -0.25) is 0 Å². The van der Waals surface area contributed by atoms with Crippen LogP contribution >= 0.6 is 0 Å². The molecule has 2 N–H and O–H groups in total. The van der Waals surface area contributed by atoms with Crippen LogP contribution in [-0.2, 0) is 7.05 Å². The molecule has 7 nitrogen and oxygen atoms in total. The van der Waals surface area contributed by atoms with Crippen molar-refractivity contribution in [3.63, 3.8) is 0 Å². The maximum Gasteiger partial charge on any atom is 0.232 e. The van der Waals surface area contributed by atoms with Crippen LogP contribution in [0.15, 0.2) is 36.8 Å². The van der Waals surface area contributed by atoms with Gasteiger partial charge in [0.1, 0.15) is 12.2 Å². The zero-order chi connectivity index (χ0) is 19.7. The zero-order valence-electron chi connectivity index (χ0n) is 15.5. The Morgan fingerprint density at radius 1 is 1.21 bits per heavy atom. The molecule has 1 aliphatic rings. The predicted octanol–water partition coefficient (Wildman–Crippen LogP) is 3.53. The number of piperidine rings is 1. The minimum absolute atomic E-state index is 0.331. The summed E-state index contributed by atoms with van der Waals surface area (Å²) >= 11 is 0. The molecule has 3 aromatic rings. The lowest BCUT2D eigenvalue weighted by Crippen LogP contribution is -2.34. The highest BCUT2D eigenvalue weighted by atomic mass is 19.1. The highest BCUT2D eigenvalue weighted by molar-refractivity contribution is 5.94. The summed E-state index contributed by atoms with van der Waals surface area (Å²) in [6.07, 6.45) is 5.01. The first kappa shape index (κ1) is 17.9. The number of anilines is 2. The first-order valence-electron chi connectivity index (χ1n) is 9.09. The van der Waals surface area contributed by atoms with Crippen LogP contribution in [0, 0.1) is 12.5 Å². The number of hydrogen-bond donors (Lipinski definition) is 1. The second-order valence-electron chi connectivity index (χ2n) is 6.94. The van der Waals surface area contributed by atoms with Crippen molar-refractivity contribution in [3.05, 3.63) is 60.0 Å². The number of nitrogen functional groups attached to an aromatic ring is 1. The van der Waals surface area contributed by atoms with Crippen molar-refractivity contribution in [1.82, 2.24) is 19.7 Å². The van der Waals surface area contributed by atoms with Crippen LogP contribution in [0.2, 0.25) is 0 Å². The molecule has 8 heteroatoms. The Morgan fingerprint density at radius 2 is 2.00 bits per heavy atom. The minimum atomic E-state index is -0.532. The van der Waals surface area contributed by atoms with Gasteiger partial charge in [-0.15, -0.1) is 10.2 Å². The molecule has 1 fully saturated rings. The largest absolute Gasteiger partial charge is 0.407 e. The molecule has 0 atom stereocenters. The second kappa shape index (κ2) is 7.27. The van der Waals surface area contributed by atoms with Crippen LogP contribution < -0.4 is 10.6 Å². The monoisotopic (exact) mass is 377 g/mol. The molecule has 142 valence electrons. The van der Waals surface area contributed by atoms with Gasteiger partial charge in [-0.05, 0) is 36.6 Å². The summed E-state index contributed by atoms with van der Waals surface area (Å²) < 4.78 is 15.2. The molecular formula is C20H20FN7. The summed E-state index contributed by atoms with van der Waals surface area (Å²) in [7, 11) is 1.95. The van der Waals surface area contributed by atoms with Crippen LogP contribution in [0.5, 0.6) is 0 Å². The molecule has 0 spiro atoms. The minimum Gasteiger partial charge on any atom is -0.407 e. The van der Waals surface area contributed by atoms with Crippen molar-refractivity contribution in [3.8, 4) is 11.1 Å². The van der Waals surface area contributed by atoms with Gasteiger partial charge < -0.3 is 15.2 Å². The Kier molecular flexibility index (Phi) is 4.65. The number of rotatable bonds is 3. The number of benzene rings is 1. The van der Waals surface area contributed by atoms with Crippen molar-refractivity contribution in [2.24, 2.45) is 7.05 Å². The number of nitrogens with two attached hydrogens (primary N) is 1. The van der Waals surface area contributed by atoms with Crippen molar-refractivity contribution in [2.75, 3.05) is 23.7 Å². The summed E-state index contributed by atoms with van der Waals surface area (Å²) in [5, 5.41) is 8.22. The van der Waals surface area contributed by atoms with Gasteiger partial charge in [0.25, 0.3) is 0 Å². The number of hydrogen-bond acceptors (Lipinski definition) is 5. The summed E-state index contributed by atoms with van der Waals surface area (Å²) in [5.74, 6) is 0.786. The normalized spacial score (nSPS) is 14.8. The lowest BCUT2D eigenvalue weighted by Gasteiger charge is -2.35. The SMILES string of the molecule is [C-]#[N+]c1c(N)ccc(-c2ccc(F)nc2)c1N1CCC(c2nncn2C)CC1. The summed E-state index contributed by atoms with van der Waals surface area (Å²) in [6.45, 7) is 9.18. The third-order valence-corrected chi connectivity index (χ3v) is 5.26. The third kappa shape index (κ3) is 3.16. The quantitative estimate of drug-likeness (QED) is 0.429. The summed E-state index contributed by atoms with van der Waals surface area (Å²) in [5.41, 5.74) is 9.36. The Hall–Kier alpha value is -3.47. The van der Waals surface area contributed by atoms with Crippen molar-refractivity contribution >= 4 is 17.1 Å². The van der Waals surface area contributed by atoms with E-state index >= 15 is 0 Å². The fourth-order valence-corrected chi connectivity index (χ4v) is 3.82. The van der Waals surface area contributed by atoms with E-state index in [1.165, 1.54) is 12.3 Å². The average molecular weight is 377 g/mol. The fraction of sp³-hybridized carbons (Fsp3) is 0.300. The van der Waals surface area contributed by atoms with E-state index in [1.54, 1.807) is 18.5 Å². The molecule has 1 aliphatic heterocycles. The maximum atomic E-state index is 13.3. The number of aromatic nitrogens is 4. The Balaban J connectivity index is 1.69. The van der Waals surface area contributed by atoms with Gasteiger partial charge in [-0.1, -0.05) is 6.07 Å². The van der Waals surface area contributed by atoms with Crippen LogP contribution in [0.25, 0.3) is 16.0 Å². The predicted molar refractivity (Wildman–Crippen MR) is 105 cm³/mol. The number of halogens is 1. The van der Waals surface area contributed by atoms with Gasteiger partial charge in [0.15, 0.2) is 0 Å². The zero-order valence-corrected chi connectivity index (χ0v) is 15.5. The molecule has 2 aromatic heterocycles. The van der Waals surface area contributed by atoms with E-state index in [4.69, 9.17) is 12.3 Å². The Labute approximate surface area is 162 Å². The summed E-state index contributed by atoms with van der Waals surface area (Å²) in [4.78, 5) is 9.65. The summed E-state index contributed by atoms with van der Waals surface area (Å²) in [6, 6.07) is 6.61. The first-order valence-corrected chi connectivity index (χ1v) is 9.09. The van der Waals surface area contributed by atoms with Crippen LogP contribution in [-0.4, -0.2) is 32.8 Å². The molecule has 28 heavy (non-hydrogen) atoms. The van der Waals surface area contributed by atoms with Gasteiger partial charge >= 0.3 is 0 Å². The number of pyridine rings is 1. The Bertz CT molecular complexity index is 1030. The molecule has 0 saturated carbocycles. The van der Waals surface area contributed by atoms with E-state index in [2.05, 4.69) is 24.9 Å². The topological polar surface area (TPSA) is 77.2 Å². The van der Waals surface area contributed by atoms with Crippen LogP contribution in [0.3, 0.4) is 0 Å². The van der Waals surface area contributed by atoms with E-state index in [0.29, 0.717) is 17.3 Å². The molecule has 3 heterocycles. The highest BCUT2D eigenvalue weighted by Gasteiger charge is 2.27.